The Hall–Kier alpha value is 0.230. The number of rotatable bonds is 2. The zero-order valence-electron chi connectivity index (χ0n) is 11.2. The molecule has 98 valence electrons. The van der Waals surface area contributed by atoms with E-state index in [1.54, 1.807) is 0 Å². The second-order valence-electron chi connectivity index (χ2n) is 5.99. The molecule has 0 atom stereocenters. The van der Waals surface area contributed by atoms with Crippen LogP contribution in [0.15, 0.2) is 10.3 Å². The largest absolute Gasteiger partial charge is 0.367 e. The molecule has 2 nitrogen and oxygen atoms in total. The third-order valence-corrected chi connectivity index (χ3v) is 5.44. The van der Waals surface area contributed by atoms with Gasteiger partial charge in [0.2, 0.25) is 0 Å². The summed E-state index contributed by atoms with van der Waals surface area (Å²) in [6.07, 6.45) is 5.57. The van der Waals surface area contributed by atoms with Crippen LogP contribution in [0.2, 0.25) is 0 Å². The molecule has 0 aromatic rings. The molecule has 2 rings (SSSR count). The van der Waals surface area contributed by atoms with E-state index >= 15 is 0 Å². The van der Waals surface area contributed by atoms with E-state index < -0.39 is 0 Å². The van der Waals surface area contributed by atoms with Gasteiger partial charge in [-0.15, -0.1) is 0 Å². The van der Waals surface area contributed by atoms with Crippen LogP contribution in [0.1, 0.15) is 39.5 Å². The smallest absolute Gasteiger partial charge is 0.0684 e. The van der Waals surface area contributed by atoms with Crippen LogP contribution < -0.4 is 0 Å². The quantitative estimate of drug-likeness (QED) is 0.557. The first kappa shape index (κ1) is 13.7. The van der Waals surface area contributed by atoms with Gasteiger partial charge in [0.05, 0.1) is 3.70 Å². The minimum atomic E-state index is 0.661. The Kier molecular flexibility index (Phi) is 4.40. The molecule has 2 fully saturated rings. The van der Waals surface area contributed by atoms with Crippen LogP contribution >= 0.6 is 22.6 Å². The van der Waals surface area contributed by atoms with E-state index in [9.17, 15) is 0 Å². The van der Waals surface area contributed by atoms with Crippen LogP contribution in [-0.4, -0.2) is 42.0 Å². The van der Waals surface area contributed by atoms with Crippen molar-refractivity contribution in [2.45, 2.75) is 45.6 Å². The molecule has 0 N–H and O–H groups in total. The molecule has 0 bridgehead atoms. The van der Waals surface area contributed by atoms with E-state index in [1.807, 2.05) is 0 Å². The Morgan fingerprint density at radius 3 is 1.94 bits per heavy atom. The lowest BCUT2D eigenvalue weighted by Gasteiger charge is -2.48. The minimum absolute atomic E-state index is 0.661. The summed E-state index contributed by atoms with van der Waals surface area (Å²) in [4.78, 5) is 5.08. The standard InChI is InChI=1S/C14H25IN2/c1-12(2)16-8-4-14(5-9-16)6-10-17(11-7-14)13(3)15/h12H,3-11H2,1-2H3. The van der Waals surface area contributed by atoms with Crippen molar-refractivity contribution in [1.82, 2.24) is 9.80 Å². The van der Waals surface area contributed by atoms with Crippen molar-refractivity contribution >= 4 is 22.6 Å². The van der Waals surface area contributed by atoms with Crippen LogP contribution in [0.25, 0.3) is 0 Å². The molecule has 0 saturated carbocycles. The van der Waals surface area contributed by atoms with Crippen molar-refractivity contribution in [2.24, 2.45) is 5.41 Å². The fraction of sp³-hybridized carbons (Fsp3) is 0.857. The molecule has 2 saturated heterocycles. The number of nitrogens with zero attached hydrogens (tertiary/aromatic N) is 2. The highest BCUT2D eigenvalue weighted by atomic mass is 127. The molecular weight excluding hydrogens is 323 g/mol. The zero-order chi connectivity index (χ0) is 12.5. The van der Waals surface area contributed by atoms with Gasteiger partial charge in [0.1, 0.15) is 0 Å². The summed E-state index contributed by atoms with van der Waals surface area (Å²) in [5, 5.41) is 0. The lowest BCUT2D eigenvalue weighted by molar-refractivity contribution is 0.0363. The average Bonchev–Trinajstić information content (AvgIpc) is 2.30. The number of hydrogen-bond donors (Lipinski definition) is 0. The summed E-state index contributed by atoms with van der Waals surface area (Å²) >= 11 is 2.36. The SMILES string of the molecule is C=C(I)N1CCC2(CC1)CCN(C(C)C)CC2. The van der Waals surface area contributed by atoms with Crippen LogP contribution in [0.4, 0.5) is 0 Å². The van der Waals surface area contributed by atoms with E-state index in [1.165, 1.54) is 55.6 Å². The zero-order valence-corrected chi connectivity index (χ0v) is 13.4. The van der Waals surface area contributed by atoms with Crippen LogP contribution in [0.5, 0.6) is 0 Å². The first-order valence-electron chi connectivity index (χ1n) is 6.86. The Morgan fingerprint density at radius 2 is 1.53 bits per heavy atom. The third kappa shape index (κ3) is 3.16. The van der Waals surface area contributed by atoms with Crippen molar-refractivity contribution in [3.63, 3.8) is 0 Å². The van der Waals surface area contributed by atoms with Gasteiger partial charge in [0.15, 0.2) is 0 Å². The Bertz CT molecular complexity index is 270. The van der Waals surface area contributed by atoms with Gasteiger partial charge >= 0.3 is 0 Å². The maximum absolute atomic E-state index is 4.05. The monoisotopic (exact) mass is 348 g/mol. The molecule has 2 aliphatic rings. The van der Waals surface area contributed by atoms with Crippen molar-refractivity contribution in [3.05, 3.63) is 10.3 Å². The minimum Gasteiger partial charge on any atom is -0.367 e. The molecule has 0 aromatic carbocycles. The summed E-state index contributed by atoms with van der Waals surface area (Å²) in [5.41, 5.74) is 0.661. The van der Waals surface area contributed by atoms with Crippen molar-refractivity contribution in [3.8, 4) is 0 Å². The van der Waals surface area contributed by atoms with Gasteiger partial charge in [-0.1, -0.05) is 6.58 Å². The second-order valence-corrected chi connectivity index (χ2v) is 7.24. The van der Waals surface area contributed by atoms with Gasteiger partial charge in [-0.25, -0.2) is 0 Å². The lowest BCUT2D eigenvalue weighted by atomic mass is 9.71. The Balaban J connectivity index is 1.86. The normalized spacial score (nSPS) is 25.5. The van der Waals surface area contributed by atoms with Crippen molar-refractivity contribution in [2.75, 3.05) is 26.2 Å². The maximum atomic E-state index is 4.05. The van der Waals surface area contributed by atoms with Crippen molar-refractivity contribution in [1.29, 1.82) is 0 Å². The average molecular weight is 348 g/mol. The van der Waals surface area contributed by atoms with Gasteiger partial charge in [0.25, 0.3) is 0 Å². The van der Waals surface area contributed by atoms with E-state index in [0.29, 0.717) is 5.41 Å². The van der Waals surface area contributed by atoms with Crippen LogP contribution in [0, 0.1) is 5.41 Å². The van der Waals surface area contributed by atoms with E-state index in [2.05, 4.69) is 52.8 Å². The van der Waals surface area contributed by atoms with Gasteiger partial charge in [-0.3, -0.25) is 0 Å². The molecule has 17 heavy (non-hydrogen) atoms. The highest BCUT2D eigenvalue weighted by Crippen LogP contribution is 2.42. The van der Waals surface area contributed by atoms with Crippen LogP contribution in [0.3, 0.4) is 0 Å². The van der Waals surface area contributed by atoms with E-state index in [-0.39, 0.29) is 0 Å². The first-order valence-corrected chi connectivity index (χ1v) is 7.94. The molecule has 3 heteroatoms. The molecule has 0 unspecified atom stereocenters. The van der Waals surface area contributed by atoms with Crippen molar-refractivity contribution < 1.29 is 0 Å². The van der Waals surface area contributed by atoms with Gasteiger partial charge in [0, 0.05) is 19.1 Å². The fourth-order valence-corrected chi connectivity index (χ4v) is 3.72. The van der Waals surface area contributed by atoms with Crippen LogP contribution in [-0.2, 0) is 0 Å². The molecule has 0 aromatic heterocycles. The molecule has 2 aliphatic heterocycles. The lowest BCUT2D eigenvalue weighted by Crippen LogP contribution is -2.47. The number of hydrogen-bond acceptors (Lipinski definition) is 2. The van der Waals surface area contributed by atoms with Gasteiger partial charge < -0.3 is 9.80 Å². The highest BCUT2D eigenvalue weighted by Gasteiger charge is 2.37. The predicted molar refractivity (Wildman–Crippen MR) is 82.3 cm³/mol. The van der Waals surface area contributed by atoms with E-state index in [0.717, 1.165) is 6.04 Å². The molecular formula is C14H25IN2. The first-order chi connectivity index (χ1) is 8.02. The highest BCUT2D eigenvalue weighted by molar-refractivity contribution is 14.1. The second kappa shape index (κ2) is 5.47. The Labute approximate surface area is 120 Å². The third-order valence-electron chi connectivity index (χ3n) is 4.76. The fourth-order valence-electron chi connectivity index (χ4n) is 3.24. The maximum Gasteiger partial charge on any atom is 0.0684 e. The summed E-state index contributed by atoms with van der Waals surface area (Å²) in [6, 6.07) is 0.724. The van der Waals surface area contributed by atoms with Gasteiger partial charge in [-0.2, -0.15) is 0 Å². The number of piperidine rings is 2. The summed E-state index contributed by atoms with van der Waals surface area (Å²) in [6.45, 7) is 13.8. The summed E-state index contributed by atoms with van der Waals surface area (Å²) < 4.78 is 1.22. The van der Waals surface area contributed by atoms with Gasteiger partial charge in [-0.05, 0) is 80.6 Å². The van der Waals surface area contributed by atoms with E-state index in [4.69, 9.17) is 0 Å². The number of likely N-dealkylation sites (tertiary alicyclic amines) is 2. The molecule has 2 heterocycles. The predicted octanol–water partition coefficient (Wildman–Crippen LogP) is 3.48. The number of halogens is 1. The topological polar surface area (TPSA) is 6.48 Å². The summed E-state index contributed by atoms with van der Waals surface area (Å²) in [5.74, 6) is 0. The molecule has 0 aliphatic carbocycles. The Morgan fingerprint density at radius 1 is 1.06 bits per heavy atom. The summed E-state index contributed by atoms with van der Waals surface area (Å²) in [7, 11) is 0. The molecule has 0 amide bonds. The molecule has 0 radical (unpaired) electrons. The molecule has 1 spiro atoms.